The molecular weight excluding hydrogens is 566 g/mol. The first-order valence-corrected chi connectivity index (χ1v) is 14.0. The number of aldehydes is 2. The summed E-state index contributed by atoms with van der Waals surface area (Å²) < 4.78 is 56.5. The number of alkyl halides is 1. The van der Waals surface area contributed by atoms with E-state index < -0.39 is 28.1 Å². The van der Waals surface area contributed by atoms with Gasteiger partial charge in [0, 0.05) is 17.0 Å². The van der Waals surface area contributed by atoms with Gasteiger partial charge in [0.15, 0.2) is 27.4 Å². The maximum atomic E-state index is 11.5. The van der Waals surface area contributed by atoms with Crippen LogP contribution < -0.4 is 29.6 Å². The standard InChI is InChI=1S/C12H11NO3S.C11H8ClNO.CH3F.CH4O2S.Na/c1-8-3-4-11-9(5-8)6-10(7-14)12(13-11)17(2,15)16;1-7-2-3-10-8(4-7)5-9(6-14)11(12)13-10;1-2;1-4(2)3;/h3-7H,1-2H3;2-6H,1H3;1H3;1H3,(H,2,3);/q;;;;+1/p-1/i;;1D;;. The van der Waals surface area contributed by atoms with Crippen molar-refractivity contribution in [2.75, 3.05) is 19.7 Å². The van der Waals surface area contributed by atoms with E-state index >= 15 is 0 Å². The molecule has 2 aromatic heterocycles. The molecule has 1 unspecified atom stereocenters. The van der Waals surface area contributed by atoms with E-state index in [-0.39, 0.29) is 45.3 Å². The van der Waals surface area contributed by atoms with Gasteiger partial charge in [-0.25, -0.2) is 18.4 Å². The van der Waals surface area contributed by atoms with Crippen molar-refractivity contribution >= 4 is 66.9 Å². The van der Waals surface area contributed by atoms with Crippen molar-refractivity contribution in [3.8, 4) is 0 Å². The van der Waals surface area contributed by atoms with Gasteiger partial charge in [-0.3, -0.25) is 18.2 Å². The summed E-state index contributed by atoms with van der Waals surface area (Å²) >= 11 is 3.94. The monoisotopic (exact) mass is 591 g/mol. The second-order valence-electron chi connectivity index (χ2n) is 7.55. The van der Waals surface area contributed by atoms with Gasteiger partial charge in [0.25, 0.3) is 0 Å². The Balaban J connectivity index is 0.000000593. The number of carbonyl (C=O) groups is 2. The van der Waals surface area contributed by atoms with E-state index in [1.165, 1.54) is 0 Å². The van der Waals surface area contributed by atoms with E-state index in [0.717, 1.165) is 46.2 Å². The first-order chi connectivity index (χ1) is 17.8. The van der Waals surface area contributed by atoms with Crippen LogP contribution in [0.3, 0.4) is 0 Å². The molecule has 0 aliphatic heterocycles. The zero-order chi connectivity index (χ0) is 29.0. The van der Waals surface area contributed by atoms with Crippen molar-refractivity contribution in [3.63, 3.8) is 0 Å². The summed E-state index contributed by atoms with van der Waals surface area (Å²) in [6.07, 6.45) is 3.37. The number of nitrogens with zero attached hydrogens (tertiary/aromatic N) is 2. The van der Waals surface area contributed by atoms with Gasteiger partial charge in [0.1, 0.15) is 5.15 Å². The Bertz CT molecular complexity index is 1570. The summed E-state index contributed by atoms with van der Waals surface area (Å²) in [5.41, 5.74) is 4.09. The quantitative estimate of drug-likeness (QED) is 0.152. The Morgan fingerprint density at radius 1 is 0.947 bits per heavy atom. The second kappa shape index (κ2) is 16.8. The topological polar surface area (TPSA) is 134 Å². The Labute approximate surface area is 251 Å². The van der Waals surface area contributed by atoms with Gasteiger partial charge in [-0.1, -0.05) is 45.9 Å². The van der Waals surface area contributed by atoms with Crippen LogP contribution in [-0.4, -0.2) is 59.4 Å². The minimum Gasteiger partial charge on any atom is -0.773 e. The zero-order valence-corrected chi connectivity index (χ0v) is 25.8. The predicted molar refractivity (Wildman–Crippen MR) is 144 cm³/mol. The van der Waals surface area contributed by atoms with Crippen LogP contribution in [0.25, 0.3) is 21.8 Å². The van der Waals surface area contributed by atoms with Gasteiger partial charge in [0.05, 0.1) is 30.7 Å². The summed E-state index contributed by atoms with van der Waals surface area (Å²) in [5, 5.41) is 1.80. The molecule has 198 valence electrons. The molecule has 4 rings (SSSR count). The summed E-state index contributed by atoms with van der Waals surface area (Å²) in [4.78, 5) is 29.7. The number of rotatable bonds is 3. The van der Waals surface area contributed by atoms with E-state index in [1.807, 2.05) is 44.2 Å². The number of sulfone groups is 1. The van der Waals surface area contributed by atoms with Crippen LogP contribution in [0.15, 0.2) is 53.6 Å². The van der Waals surface area contributed by atoms with Crippen LogP contribution in [-0.2, 0) is 20.9 Å². The molecule has 4 aromatic rings. The first kappa shape index (κ1) is 33.9. The van der Waals surface area contributed by atoms with Crippen LogP contribution in [0.4, 0.5) is 4.39 Å². The van der Waals surface area contributed by atoms with E-state index in [9.17, 15) is 22.4 Å². The molecule has 13 heteroatoms. The molecule has 2 heterocycles. The second-order valence-corrected chi connectivity index (χ2v) is 10.6. The van der Waals surface area contributed by atoms with Gasteiger partial charge < -0.3 is 4.55 Å². The van der Waals surface area contributed by atoms with Crippen molar-refractivity contribution < 1.29 is 62.1 Å². The third-order valence-corrected chi connectivity index (χ3v) is 5.85. The Morgan fingerprint density at radius 3 is 1.74 bits per heavy atom. The smallest absolute Gasteiger partial charge is 0.773 e. The average molecular weight is 592 g/mol. The molecule has 2 aromatic carbocycles. The molecule has 8 nitrogen and oxygen atoms in total. The molecule has 0 aliphatic carbocycles. The van der Waals surface area contributed by atoms with Gasteiger partial charge in [-0.15, -0.1) is 0 Å². The maximum Gasteiger partial charge on any atom is 1.00 e. The minimum atomic E-state index is -3.49. The Hall–Kier alpha value is -2.12. The van der Waals surface area contributed by atoms with Crippen LogP contribution in [0, 0.1) is 13.8 Å². The number of fused-ring (bicyclic) bond motifs is 2. The third kappa shape index (κ3) is 10.9. The van der Waals surface area contributed by atoms with Gasteiger partial charge in [0.2, 0.25) is 0 Å². The molecule has 0 N–H and O–H groups in total. The molecule has 0 spiro atoms. The number of aromatic nitrogens is 2. The number of aryl methyl sites for hydroxylation is 2. The van der Waals surface area contributed by atoms with Crippen molar-refractivity contribution in [3.05, 3.63) is 75.9 Å². The predicted octanol–water partition coefficient (Wildman–Crippen LogP) is 1.85. The van der Waals surface area contributed by atoms with Crippen molar-refractivity contribution in [1.82, 2.24) is 9.97 Å². The van der Waals surface area contributed by atoms with Crippen LogP contribution >= 0.6 is 11.6 Å². The van der Waals surface area contributed by atoms with Crippen LogP contribution in [0.5, 0.6) is 0 Å². The van der Waals surface area contributed by atoms with E-state index in [4.69, 9.17) is 21.7 Å². The van der Waals surface area contributed by atoms with Crippen LogP contribution in [0.1, 0.15) is 33.2 Å². The van der Waals surface area contributed by atoms with E-state index in [2.05, 4.69) is 9.97 Å². The summed E-state index contributed by atoms with van der Waals surface area (Å²) in [5.74, 6) is 0. The molecule has 0 saturated heterocycles. The van der Waals surface area contributed by atoms with Gasteiger partial charge >= 0.3 is 29.6 Å². The van der Waals surface area contributed by atoms with Crippen molar-refractivity contribution in [2.24, 2.45) is 0 Å². The number of pyridine rings is 2. The fourth-order valence-corrected chi connectivity index (χ4v) is 4.04. The van der Waals surface area contributed by atoms with Gasteiger partial charge in [-0.2, -0.15) is 0 Å². The molecule has 0 aliphatic rings. The molecular formula is C25H25ClFN2NaO6S2. The average Bonchev–Trinajstić information content (AvgIpc) is 2.83. The Kier molecular flexibility index (Phi) is 15.0. The molecule has 1 atom stereocenters. The third-order valence-electron chi connectivity index (χ3n) is 4.52. The van der Waals surface area contributed by atoms with Crippen molar-refractivity contribution in [1.29, 1.82) is 0 Å². The van der Waals surface area contributed by atoms with E-state index in [1.54, 1.807) is 18.2 Å². The fourth-order valence-electron chi connectivity index (χ4n) is 3.05. The molecule has 38 heavy (non-hydrogen) atoms. The zero-order valence-electron chi connectivity index (χ0n) is 22.4. The molecule has 0 bridgehead atoms. The normalized spacial score (nSPS) is 11.2. The maximum absolute atomic E-state index is 11.5. The summed E-state index contributed by atoms with van der Waals surface area (Å²) in [6, 6.07) is 14.6. The summed E-state index contributed by atoms with van der Waals surface area (Å²) in [7, 11) is -4.49. The number of halogens is 2. The number of carbonyl (C=O) groups excluding carboxylic acids is 2. The first-order valence-electron chi connectivity index (χ1n) is 10.9. The number of hydrogen-bond acceptors (Lipinski definition) is 8. The SMILES string of the molecule is CS(=O)[O-].Cc1ccc2nc(Cl)c(C=O)cc2c1.Cc1ccc2nc(S(C)(=O)=O)c(C=O)cc2c1.[2H]CF.[Na+]. The molecule has 0 fully saturated rings. The largest absolute Gasteiger partial charge is 1.00 e. The Morgan fingerprint density at radius 2 is 1.34 bits per heavy atom. The van der Waals surface area contributed by atoms with Crippen molar-refractivity contribution in [2.45, 2.75) is 18.9 Å². The van der Waals surface area contributed by atoms with E-state index in [0.29, 0.717) is 17.4 Å². The number of benzene rings is 2. The molecule has 0 amide bonds. The van der Waals surface area contributed by atoms with Gasteiger partial charge in [-0.05, 0) is 56.5 Å². The van der Waals surface area contributed by atoms with Crippen LogP contribution in [0.2, 0.25) is 5.15 Å². The number of hydrogen-bond donors (Lipinski definition) is 0. The molecule has 0 saturated carbocycles. The molecule has 0 radical (unpaired) electrons. The minimum absolute atomic E-state index is 0. The fraction of sp³-hybridized carbons (Fsp3) is 0.200. The summed E-state index contributed by atoms with van der Waals surface area (Å²) in [6.45, 7) is 3.92.